The molecule has 6 heteroatoms. The molecule has 2 atom stereocenters. The van der Waals surface area contributed by atoms with Gasteiger partial charge >= 0.3 is 5.97 Å². The second-order valence-corrected chi connectivity index (χ2v) is 6.72. The predicted molar refractivity (Wildman–Crippen MR) is 100 cm³/mol. The average molecular weight is 368 g/mol. The third kappa shape index (κ3) is 10.8. The molecule has 6 nitrogen and oxygen atoms in total. The second kappa shape index (κ2) is 13.3. The number of aliphatic hydroxyl groups excluding tert-OH is 2. The maximum absolute atomic E-state index is 11.1. The number of rotatable bonds is 10. The summed E-state index contributed by atoms with van der Waals surface area (Å²) in [6.45, 7) is 6.08. The number of unbranched alkanes of at least 4 members (excludes halogenated alkanes) is 2. The van der Waals surface area contributed by atoms with Crippen LogP contribution in [0.15, 0.2) is 24.3 Å². The number of phenolic OH excluding ortho intramolecular Hbond substituents is 1. The summed E-state index contributed by atoms with van der Waals surface area (Å²) in [5.41, 5.74) is 0.0972. The molecule has 0 saturated carbocycles. The number of aliphatic hydroxyl groups is 2. The molecule has 4 N–H and O–H groups in total. The Bertz CT molecular complexity index is 541. The van der Waals surface area contributed by atoms with E-state index in [0.717, 1.165) is 25.2 Å². The summed E-state index contributed by atoms with van der Waals surface area (Å²) in [5, 5.41) is 36.2. The van der Waals surface area contributed by atoms with Gasteiger partial charge in [-0.05, 0) is 30.5 Å². The minimum absolute atomic E-state index is 0.0279. The topological polar surface area (TPSA) is 115 Å². The number of carbonyl (C=O) groups is 2. The number of carbonyl (C=O) groups excluding carboxylic acids is 1. The zero-order valence-corrected chi connectivity index (χ0v) is 15.9. The Morgan fingerprint density at radius 2 is 1.65 bits per heavy atom. The number of hydrogen-bond donors (Lipinski definition) is 4. The van der Waals surface area contributed by atoms with Gasteiger partial charge in [-0.2, -0.15) is 0 Å². The van der Waals surface area contributed by atoms with Gasteiger partial charge in [0.2, 0.25) is 0 Å². The van der Waals surface area contributed by atoms with E-state index in [1.165, 1.54) is 30.7 Å². The molecule has 1 aromatic rings. The van der Waals surface area contributed by atoms with E-state index >= 15 is 0 Å². The number of Topliss-reactive ketones (excluding diaryl/α,β-unsaturated/α-hetero) is 1. The number of aromatic carboxylic acids is 1. The van der Waals surface area contributed by atoms with E-state index < -0.39 is 18.2 Å². The summed E-state index contributed by atoms with van der Waals surface area (Å²) in [4.78, 5) is 21.4. The van der Waals surface area contributed by atoms with Crippen molar-refractivity contribution in [1.82, 2.24) is 0 Å². The molecule has 0 bridgehead atoms. The van der Waals surface area contributed by atoms with Crippen LogP contribution in [0.5, 0.6) is 5.75 Å². The van der Waals surface area contributed by atoms with Gasteiger partial charge in [-0.15, -0.1) is 0 Å². The van der Waals surface area contributed by atoms with Gasteiger partial charge in [-0.3, -0.25) is 4.79 Å². The molecule has 26 heavy (non-hydrogen) atoms. The highest BCUT2D eigenvalue weighted by atomic mass is 16.4. The summed E-state index contributed by atoms with van der Waals surface area (Å²) in [6, 6.07) is 5.52. The fourth-order valence-corrected chi connectivity index (χ4v) is 2.30. The fraction of sp³-hybridized carbons (Fsp3) is 0.600. The first-order valence-corrected chi connectivity index (χ1v) is 9.10. The van der Waals surface area contributed by atoms with E-state index in [1.54, 1.807) is 6.92 Å². The number of aromatic hydroxyl groups is 1. The first-order chi connectivity index (χ1) is 12.2. The molecule has 0 heterocycles. The Kier molecular flexibility index (Phi) is 12.3. The van der Waals surface area contributed by atoms with Crippen LogP contribution in [0.4, 0.5) is 0 Å². The van der Waals surface area contributed by atoms with E-state index in [-0.39, 0.29) is 23.5 Å². The summed E-state index contributed by atoms with van der Waals surface area (Å²) in [7, 11) is 0. The Hall–Kier alpha value is -1.92. The summed E-state index contributed by atoms with van der Waals surface area (Å²) >= 11 is 0. The van der Waals surface area contributed by atoms with E-state index in [0.29, 0.717) is 6.42 Å². The average Bonchev–Trinajstić information content (AvgIpc) is 2.60. The molecule has 0 amide bonds. The molecule has 0 fully saturated rings. The smallest absolute Gasteiger partial charge is 0.335 e. The Balaban J connectivity index is 0.000000531. The normalized spacial score (nSPS) is 12.8. The van der Waals surface area contributed by atoms with Crippen molar-refractivity contribution >= 4 is 11.8 Å². The zero-order valence-electron chi connectivity index (χ0n) is 15.9. The lowest BCUT2D eigenvalue weighted by Gasteiger charge is -2.15. The number of carboxylic acids is 1. The molecule has 0 aliphatic rings. The molecule has 0 saturated heterocycles. The van der Waals surface area contributed by atoms with E-state index in [4.69, 9.17) is 10.2 Å². The van der Waals surface area contributed by atoms with Crippen molar-refractivity contribution in [2.75, 3.05) is 0 Å². The first-order valence-electron chi connectivity index (χ1n) is 9.10. The van der Waals surface area contributed by atoms with Crippen molar-refractivity contribution in [3.05, 3.63) is 29.8 Å². The van der Waals surface area contributed by atoms with Crippen molar-refractivity contribution < 1.29 is 30.0 Å². The van der Waals surface area contributed by atoms with Crippen LogP contribution in [0.25, 0.3) is 0 Å². The lowest BCUT2D eigenvalue weighted by Crippen LogP contribution is -2.33. The molecule has 2 unspecified atom stereocenters. The minimum Gasteiger partial charge on any atom is -0.508 e. The highest BCUT2D eigenvalue weighted by molar-refractivity contribution is 5.87. The molecule has 148 valence electrons. The van der Waals surface area contributed by atoms with Crippen LogP contribution in [0.2, 0.25) is 0 Å². The number of hydrogen-bond acceptors (Lipinski definition) is 5. The van der Waals surface area contributed by atoms with Gasteiger partial charge < -0.3 is 20.4 Å². The molecule has 0 radical (unpaired) electrons. The van der Waals surface area contributed by atoms with Crippen LogP contribution >= 0.6 is 0 Å². The second-order valence-electron chi connectivity index (χ2n) is 6.72. The fourth-order valence-electron chi connectivity index (χ4n) is 2.30. The van der Waals surface area contributed by atoms with Crippen LogP contribution in [0.1, 0.15) is 69.7 Å². The maximum Gasteiger partial charge on any atom is 0.335 e. The van der Waals surface area contributed by atoms with Crippen molar-refractivity contribution in [2.24, 2.45) is 5.92 Å². The van der Waals surface area contributed by atoms with E-state index in [1.807, 2.05) is 0 Å². The van der Waals surface area contributed by atoms with Crippen LogP contribution in [0, 0.1) is 5.92 Å². The number of benzene rings is 1. The van der Waals surface area contributed by atoms with Crippen molar-refractivity contribution in [1.29, 1.82) is 0 Å². The molecule has 0 aliphatic carbocycles. The first kappa shape index (κ1) is 24.1. The monoisotopic (exact) mass is 368 g/mol. The molecule has 0 aromatic heterocycles. The lowest BCUT2D eigenvalue weighted by molar-refractivity contribution is -0.132. The molecular formula is C20H32O6. The third-order valence-corrected chi connectivity index (χ3v) is 3.92. The van der Waals surface area contributed by atoms with E-state index in [9.17, 15) is 19.8 Å². The molecule has 1 aromatic carbocycles. The van der Waals surface area contributed by atoms with Gasteiger partial charge in [-0.25, -0.2) is 4.79 Å². The number of phenols is 1. The third-order valence-electron chi connectivity index (χ3n) is 3.92. The van der Waals surface area contributed by atoms with Crippen LogP contribution in [-0.4, -0.2) is 44.4 Å². The molecular weight excluding hydrogens is 336 g/mol. The predicted octanol–water partition coefficient (Wildman–Crippen LogP) is 3.38. The highest BCUT2D eigenvalue weighted by Gasteiger charge is 2.21. The lowest BCUT2D eigenvalue weighted by atomic mass is 9.99. The summed E-state index contributed by atoms with van der Waals surface area (Å²) in [6.07, 6.45) is 3.02. The van der Waals surface area contributed by atoms with Crippen molar-refractivity contribution in [3.8, 4) is 5.75 Å². The van der Waals surface area contributed by atoms with Gasteiger partial charge in [0.05, 0.1) is 11.7 Å². The van der Waals surface area contributed by atoms with Gasteiger partial charge in [0.1, 0.15) is 11.9 Å². The van der Waals surface area contributed by atoms with Crippen LogP contribution in [0.3, 0.4) is 0 Å². The molecule has 0 aliphatic heterocycles. The minimum atomic E-state index is -1.19. The Labute approximate surface area is 155 Å². The largest absolute Gasteiger partial charge is 0.508 e. The van der Waals surface area contributed by atoms with Crippen molar-refractivity contribution in [3.63, 3.8) is 0 Å². The molecule has 0 spiro atoms. The maximum atomic E-state index is 11.1. The summed E-state index contributed by atoms with van der Waals surface area (Å²) < 4.78 is 0. The van der Waals surface area contributed by atoms with Gasteiger partial charge in [-0.1, -0.05) is 52.5 Å². The molecule has 1 rings (SSSR count). The van der Waals surface area contributed by atoms with Crippen LogP contribution in [-0.2, 0) is 4.79 Å². The SMILES string of the molecule is CCC(=O)C(O)C(O)CCCCCC(C)C.O=C(O)c1cccc(O)c1. The number of ketones is 1. The quantitative estimate of drug-likeness (QED) is 0.471. The van der Waals surface area contributed by atoms with Gasteiger partial charge in [0.15, 0.2) is 5.78 Å². The zero-order chi connectivity index (χ0) is 20.1. The standard InChI is InChI=1S/C13H26O3.C7H6O3/c1-4-11(14)13(16)12(15)9-7-5-6-8-10(2)3;8-6-3-1-2-5(4-6)7(9)10/h10,12-13,15-16H,4-9H2,1-3H3;1-4,8H,(H,9,10). The Morgan fingerprint density at radius 1 is 1.04 bits per heavy atom. The number of carboxylic acid groups (broad SMARTS) is 1. The van der Waals surface area contributed by atoms with Crippen molar-refractivity contribution in [2.45, 2.75) is 71.5 Å². The van der Waals surface area contributed by atoms with Gasteiger partial charge in [0, 0.05) is 6.42 Å². The highest BCUT2D eigenvalue weighted by Crippen LogP contribution is 2.13. The Morgan fingerprint density at radius 3 is 2.12 bits per heavy atom. The summed E-state index contributed by atoms with van der Waals surface area (Å²) in [5.74, 6) is -0.609. The van der Waals surface area contributed by atoms with Gasteiger partial charge in [0.25, 0.3) is 0 Å². The van der Waals surface area contributed by atoms with E-state index in [2.05, 4.69) is 13.8 Å². The van der Waals surface area contributed by atoms with Crippen LogP contribution < -0.4 is 0 Å².